The molecule has 1 aliphatic rings. The smallest absolute Gasteiger partial charge is 0.310 e. The number of hydrogen-bond donors (Lipinski definition) is 0. The Balaban J connectivity index is 2.05. The van der Waals surface area contributed by atoms with Gasteiger partial charge in [-0.3, -0.25) is 4.79 Å². The third kappa shape index (κ3) is 4.53. The molecule has 0 amide bonds. The zero-order valence-corrected chi connectivity index (χ0v) is 14.4. The van der Waals surface area contributed by atoms with Gasteiger partial charge in [-0.15, -0.1) is 0 Å². The van der Waals surface area contributed by atoms with Crippen LogP contribution in [0.1, 0.15) is 38.2 Å². The monoisotopic (exact) mass is 322 g/mol. The molecule has 128 valence electrons. The van der Waals surface area contributed by atoms with Crippen LogP contribution in [0.25, 0.3) is 0 Å². The van der Waals surface area contributed by atoms with Crippen molar-refractivity contribution in [2.75, 3.05) is 21.3 Å². The Morgan fingerprint density at radius 1 is 1.09 bits per heavy atom. The van der Waals surface area contributed by atoms with E-state index >= 15 is 0 Å². The van der Waals surface area contributed by atoms with Crippen LogP contribution in [0.3, 0.4) is 0 Å². The standard InChI is InChI=1S/C18H26O5/c1-12-6-5-7-14(8-12)23-17(19)11-13-9-15(20-2)18(22-4)16(10-13)21-3/h9-10,12,14H,5-8,11H2,1-4H3. The highest BCUT2D eigenvalue weighted by molar-refractivity contribution is 5.73. The fraction of sp³-hybridized carbons (Fsp3) is 0.611. The molecule has 23 heavy (non-hydrogen) atoms. The molecule has 2 unspecified atom stereocenters. The minimum absolute atomic E-state index is 0.0493. The average Bonchev–Trinajstić information content (AvgIpc) is 2.53. The van der Waals surface area contributed by atoms with Gasteiger partial charge in [-0.2, -0.15) is 0 Å². The normalized spacial score (nSPS) is 20.7. The van der Waals surface area contributed by atoms with Crippen molar-refractivity contribution in [1.82, 2.24) is 0 Å². The van der Waals surface area contributed by atoms with E-state index in [4.69, 9.17) is 18.9 Å². The molecule has 0 N–H and O–H groups in total. The number of hydrogen-bond acceptors (Lipinski definition) is 5. The fourth-order valence-electron chi connectivity index (χ4n) is 3.12. The molecule has 0 spiro atoms. The minimum Gasteiger partial charge on any atom is -0.493 e. The Bertz CT molecular complexity index is 515. The fourth-order valence-corrected chi connectivity index (χ4v) is 3.12. The van der Waals surface area contributed by atoms with Crippen LogP contribution in [0.4, 0.5) is 0 Å². The molecule has 0 aromatic heterocycles. The first-order valence-electron chi connectivity index (χ1n) is 8.05. The van der Waals surface area contributed by atoms with E-state index in [0.717, 1.165) is 24.8 Å². The molecule has 1 aliphatic carbocycles. The second-order valence-corrected chi connectivity index (χ2v) is 6.09. The van der Waals surface area contributed by atoms with E-state index in [9.17, 15) is 4.79 Å². The summed E-state index contributed by atoms with van der Waals surface area (Å²) in [5.74, 6) is 2.02. The molecular weight excluding hydrogens is 296 g/mol. The SMILES string of the molecule is COc1cc(CC(=O)OC2CCCC(C)C2)cc(OC)c1OC. The molecule has 2 rings (SSSR count). The van der Waals surface area contributed by atoms with Gasteiger partial charge in [-0.05, 0) is 42.9 Å². The van der Waals surface area contributed by atoms with Crippen LogP contribution in [0.15, 0.2) is 12.1 Å². The number of methoxy groups -OCH3 is 3. The van der Waals surface area contributed by atoms with Crippen molar-refractivity contribution < 1.29 is 23.7 Å². The van der Waals surface area contributed by atoms with Crippen molar-refractivity contribution in [2.45, 2.75) is 45.1 Å². The highest BCUT2D eigenvalue weighted by atomic mass is 16.5. The van der Waals surface area contributed by atoms with Gasteiger partial charge in [0.25, 0.3) is 0 Å². The summed E-state index contributed by atoms with van der Waals surface area (Å²) in [6.45, 7) is 2.21. The third-order valence-corrected chi connectivity index (χ3v) is 4.26. The van der Waals surface area contributed by atoms with Crippen molar-refractivity contribution in [3.63, 3.8) is 0 Å². The lowest BCUT2D eigenvalue weighted by Crippen LogP contribution is -2.25. The lowest BCUT2D eigenvalue weighted by molar-refractivity contribution is -0.150. The number of benzene rings is 1. The molecule has 0 bridgehead atoms. The topological polar surface area (TPSA) is 54.0 Å². The zero-order chi connectivity index (χ0) is 16.8. The van der Waals surface area contributed by atoms with Gasteiger partial charge >= 0.3 is 5.97 Å². The summed E-state index contributed by atoms with van der Waals surface area (Å²) >= 11 is 0. The van der Waals surface area contributed by atoms with E-state index in [1.54, 1.807) is 33.5 Å². The summed E-state index contributed by atoms with van der Waals surface area (Å²) in [4.78, 5) is 12.2. The molecule has 5 heteroatoms. The second-order valence-electron chi connectivity index (χ2n) is 6.09. The first-order chi connectivity index (χ1) is 11.1. The first kappa shape index (κ1) is 17.4. The molecule has 0 saturated heterocycles. The van der Waals surface area contributed by atoms with Crippen molar-refractivity contribution in [3.05, 3.63) is 17.7 Å². The molecule has 1 fully saturated rings. The third-order valence-electron chi connectivity index (χ3n) is 4.26. The van der Waals surface area contributed by atoms with Gasteiger partial charge in [0.2, 0.25) is 5.75 Å². The summed E-state index contributed by atoms with van der Waals surface area (Å²) in [5, 5.41) is 0. The predicted molar refractivity (Wildman–Crippen MR) is 87.3 cm³/mol. The van der Waals surface area contributed by atoms with Crippen molar-refractivity contribution >= 4 is 5.97 Å². The van der Waals surface area contributed by atoms with E-state index in [1.165, 1.54) is 6.42 Å². The van der Waals surface area contributed by atoms with Crippen LogP contribution in [0, 0.1) is 5.92 Å². The van der Waals surface area contributed by atoms with Crippen LogP contribution < -0.4 is 14.2 Å². The van der Waals surface area contributed by atoms with E-state index in [1.807, 2.05) is 0 Å². The Hall–Kier alpha value is -1.91. The van der Waals surface area contributed by atoms with Gasteiger partial charge in [0.15, 0.2) is 11.5 Å². The molecule has 5 nitrogen and oxygen atoms in total. The van der Waals surface area contributed by atoms with Crippen molar-refractivity contribution in [2.24, 2.45) is 5.92 Å². The van der Waals surface area contributed by atoms with E-state index in [0.29, 0.717) is 23.2 Å². The van der Waals surface area contributed by atoms with E-state index < -0.39 is 0 Å². The molecule has 1 saturated carbocycles. The first-order valence-corrected chi connectivity index (χ1v) is 8.05. The summed E-state index contributed by atoms with van der Waals surface area (Å²) in [5.41, 5.74) is 0.786. The van der Waals surface area contributed by atoms with E-state index in [-0.39, 0.29) is 18.5 Å². The highest BCUT2D eigenvalue weighted by Crippen LogP contribution is 2.38. The number of esters is 1. The Kier molecular flexibility index (Phi) is 6.13. The van der Waals surface area contributed by atoms with Crippen LogP contribution in [0.5, 0.6) is 17.2 Å². The lowest BCUT2D eigenvalue weighted by Gasteiger charge is -2.26. The lowest BCUT2D eigenvalue weighted by atomic mass is 9.89. The van der Waals surface area contributed by atoms with Gasteiger partial charge < -0.3 is 18.9 Å². The van der Waals surface area contributed by atoms with Crippen LogP contribution in [-0.2, 0) is 16.0 Å². The summed E-state index contributed by atoms with van der Waals surface area (Å²) in [6.07, 6.45) is 4.52. The van der Waals surface area contributed by atoms with Crippen molar-refractivity contribution in [1.29, 1.82) is 0 Å². The Morgan fingerprint density at radius 3 is 2.26 bits per heavy atom. The molecule has 1 aromatic rings. The summed E-state index contributed by atoms with van der Waals surface area (Å²) < 4.78 is 21.5. The van der Waals surface area contributed by atoms with E-state index in [2.05, 4.69) is 6.92 Å². The highest BCUT2D eigenvalue weighted by Gasteiger charge is 2.23. The van der Waals surface area contributed by atoms with Gasteiger partial charge in [0, 0.05) is 0 Å². The number of carbonyl (C=O) groups is 1. The van der Waals surface area contributed by atoms with Crippen LogP contribution in [0.2, 0.25) is 0 Å². The maximum absolute atomic E-state index is 12.2. The number of carbonyl (C=O) groups excluding carboxylic acids is 1. The largest absolute Gasteiger partial charge is 0.493 e. The predicted octanol–water partition coefficient (Wildman–Crippen LogP) is 3.38. The van der Waals surface area contributed by atoms with Gasteiger partial charge in [-0.25, -0.2) is 0 Å². The van der Waals surface area contributed by atoms with Crippen LogP contribution >= 0.6 is 0 Å². The maximum atomic E-state index is 12.2. The van der Waals surface area contributed by atoms with Crippen molar-refractivity contribution in [3.8, 4) is 17.2 Å². The Morgan fingerprint density at radius 2 is 1.74 bits per heavy atom. The summed E-state index contributed by atoms with van der Waals surface area (Å²) in [7, 11) is 4.67. The second kappa shape index (κ2) is 8.09. The number of rotatable bonds is 6. The molecule has 1 aromatic carbocycles. The molecule has 0 radical (unpaired) electrons. The average molecular weight is 322 g/mol. The maximum Gasteiger partial charge on any atom is 0.310 e. The number of ether oxygens (including phenoxy) is 4. The van der Waals surface area contributed by atoms with Gasteiger partial charge in [0.1, 0.15) is 6.10 Å². The molecular formula is C18H26O5. The molecule has 2 atom stereocenters. The Labute approximate surface area is 137 Å². The molecule has 0 heterocycles. The minimum atomic E-state index is -0.210. The van der Waals surface area contributed by atoms with Gasteiger partial charge in [0.05, 0.1) is 27.8 Å². The molecule has 0 aliphatic heterocycles. The van der Waals surface area contributed by atoms with Crippen LogP contribution in [-0.4, -0.2) is 33.4 Å². The zero-order valence-electron chi connectivity index (χ0n) is 14.4. The summed E-state index contributed by atoms with van der Waals surface area (Å²) in [6, 6.07) is 3.57. The van der Waals surface area contributed by atoms with Gasteiger partial charge in [-0.1, -0.05) is 13.3 Å². The quantitative estimate of drug-likeness (QED) is 0.752.